The fourth-order valence-corrected chi connectivity index (χ4v) is 8.18. The number of allylic oxidation sites excluding steroid dienone is 1. The Balaban J connectivity index is 1.78. The highest BCUT2D eigenvalue weighted by molar-refractivity contribution is 5.93. The number of hydrogen-bond donors (Lipinski definition) is 6. The highest BCUT2D eigenvalue weighted by atomic mass is 16.6. The van der Waals surface area contributed by atoms with Gasteiger partial charge in [-0.2, -0.15) is 0 Å². The number of alkyl carbamates (subject to hydrolysis) is 1. The van der Waals surface area contributed by atoms with Crippen molar-refractivity contribution in [1.29, 1.82) is 0 Å². The second-order valence-electron chi connectivity index (χ2n) is 16.4. The summed E-state index contributed by atoms with van der Waals surface area (Å²) < 4.78 is 22.4. The molecule has 0 radical (unpaired) electrons. The van der Waals surface area contributed by atoms with E-state index in [0.717, 1.165) is 6.92 Å². The number of carbonyl (C=O) groups excluding carboxylic acids is 4. The van der Waals surface area contributed by atoms with E-state index in [1.54, 1.807) is 27.7 Å². The van der Waals surface area contributed by atoms with Crippen LogP contribution in [0.15, 0.2) is 22.8 Å². The molecule has 14 heteroatoms. The van der Waals surface area contributed by atoms with E-state index in [9.17, 15) is 44.7 Å². The number of Topliss-reactive ketones (excluding diaryl/α,β-unsaturated/α-hetero) is 1. The van der Waals surface area contributed by atoms with Crippen molar-refractivity contribution in [1.82, 2.24) is 5.32 Å². The average molecular weight is 696 g/mol. The predicted molar refractivity (Wildman–Crippen MR) is 173 cm³/mol. The van der Waals surface area contributed by atoms with Crippen LogP contribution < -0.4 is 5.32 Å². The molecule has 1 saturated heterocycles. The summed E-state index contributed by atoms with van der Waals surface area (Å²) in [6, 6.07) is -1.28. The summed E-state index contributed by atoms with van der Waals surface area (Å²) in [5, 5.41) is 61.6. The maximum atomic E-state index is 14.4. The Bertz CT molecular complexity index is 1430. The number of esters is 2. The van der Waals surface area contributed by atoms with Gasteiger partial charge in [0.05, 0.1) is 36.9 Å². The highest BCUT2D eigenvalue weighted by Gasteiger charge is 2.76. The lowest BCUT2D eigenvalue weighted by molar-refractivity contribution is -0.345. The van der Waals surface area contributed by atoms with E-state index in [-0.39, 0.29) is 36.2 Å². The number of fused-ring (bicyclic) bond motifs is 5. The van der Waals surface area contributed by atoms with E-state index in [1.165, 1.54) is 19.9 Å². The number of nitrogens with one attached hydrogen (secondary N) is 1. The first kappa shape index (κ1) is 38.9. The number of hydrogen-bond acceptors (Lipinski definition) is 13. The lowest BCUT2D eigenvalue weighted by Gasteiger charge is -2.66. The van der Waals surface area contributed by atoms with Gasteiger partial charge in [-0.15, -0.1) is 0 Å². The normalized spacial score (nSPS) is 37.9. The van der Waals surface area contributed by atoms with Gasteiger partial charge in [-0.3, -0.25) is 9.59 Å². The summed E-state index contributed by atoms with van der Waals surface area (Å²) in [6.07, 6.45) is -9.36. The molecule has 11 atom stereocenters. The van der Waals surface area contributed by atoms with Gasteiger partial charge in [-0.1, -0.05) is 46.3 Å². The molecular formula is C35H53NO13. The zero-order chi connectivity index (χ0) is 37.2. The second-order valence-corrected chi connectivity index (χ2v) is 16.4. The predicted octanol–water partition coefficient (Wildman–Crippen LogP) is 1.24. The van der Waals surface area contributed by atoms with Crippen molar-refractivity contribution in [3.05, 3.63) is 22.8 Å². The van der Waals surface area contributed by atoms with E-state index < -0.39 is 101 Å². The van der Waals surface area contributed by atoms with Crippen LogP contribution in [0.3, 0.4) is 0 Å². The molecule has 49 heavy (non-hydrogen) atoms. The van der Waals surface area contributed by atoms with Crippen LogP contribution in [-0.2, 0) is 33.3 Å². The zero-order valence-corrected chi connectivity index (χ0v) is 30.0. The third kappa shape index (κ3) is 6.56. The summed E-state index contributed by atoms with van der Waals surface area (Å²) in [5.74, 6) is -4.38. The molecule has 0 spiro atoms. The standard InChI is InChI=1S/C35H53NO13/c1-16(2)11-19(36-30(43)47-14-31(5,6)7)24(39)29(42)49-20-13-35(45)28(48-18(4)37)26-33(10,21(38)12-22-34(26,44)15-46-22)27(41)25(40)23(17(20)3)32(35,8)9/h11,19-22,24-26,28,38-40,44-45H,12-15H2,1-10H3,(H,36,43)/t19-,20-,21-,22+,24+,25+,26-,28-,33+,34-,35+/m0/s1. The van der Waals surface area contributed by atoms with Crippen molar-refractivity contribution in [2.24, 2.45) is 22.2 Å². The zero-order valence-electron chi connectivity index (χ0n) is 30.0. The van der Waals surface area contributed by atoms with Crippen LogP contribution in [0.5, 0.6) is 0 Å². The molecular weight excluding hydrogens is 642 g/mol. The van der Waals surface area contributed by atoms with Gasteiger partial charge in [0, 0.05) is 31.1 Å². The number of aliphatic hydroxyl groups is 5. The molecule has 6 N–H and O–H groups in total. The number of ether oxygens (including phenoxy) is 4. The second kappa shape index (κ2) is 13.0. The van der Waals surface area contributed by atoms with Crippen molar-refractivity contribution < 1.29 is 63.7 Å². The third-order valence-electron chi connectivity index (χ3n) is 10.9. The Morgan fingerprint density at radius 2 is 1.69 bits per heavy atom. The molecule has 2 saturated carbocycles. The lowest BCUT2D eigenvalue weighted by Crippen LogP contribution is -2.81. The van der Waals surface area contributed by atoms with Crippen LogP contribution in [0, 0.1) is 22.2 Å². The van der Waals surface area contributed by atoms with Gasteiger partial charge in [0.15, 0.2) is 11.9 Å². The van der Waals surface area contributed by atoms with Gasteiger partial charge in [-0.05, 0) is 44.3 Å². The highest BCUT2D eigenvalue weighted by Crippen LogP contribution is 2.63. The summed E-state index contributed by atoms with van der Waals surface area (Å²) in [4.78, 5) is 53.2. The number of amides is 1. The molecule has 0 aromatic heterocycles. The Hall–Kier alpha value is -2.88. The molecule has 14 nitrogen and oxygen atoms in total. The van der Waals surface area contributed by atoms with E-state index in [4.69, 9.17) is 18.9 Å². The van der Waals surface area contributed by atoms with Gasteiger partial charge in [0.1, 0.15) is 29.5 Å². The van der Waals surface area contributed by atoms with Crippen LogP contribution in [0.25, 0.3) is 0 Å². The smallest absolute Gasteiger partial charge is 0.407 e. The van der Waals surface area contributed by atoms with Gasteiger partial charge in [0.25, 0.3) is 0 Å². The molecule has 2 bridgehead atoms. The van der Waals surface area contributed by atoms with E-state index in [1.807, 2.05) is 20.8 Å². The fourth-order valence-electron chi connectivity index (χ4n) is 8.18. The summed E-state index contributed by atoms with van der Waals surface area (Å²) in [7, 11) is 0. The molecule has 0 unspecified atom stereocenters. The minimum Gasteiger partial charge on any atom is -0.459 e. The molecule has 1 aliphatic heterocycles. The monoisotopic (exact) mass is 695 g/mol. The fraction of sp³-hybridized carbons (Fsp3) is 0.771. The molecule has 3 fully saturated rings. The Kier molecular flexibility index (Phi) is 10.3. The van der Waals surface area contributed by atoms with Crippen LogP contribution in [-0.4, -0.2) is 116 Å². The van der Waals surface area contributed by atoms with Crippen molar-refractivity contribution in [2.45, 2.75) is 136 Å². The molecule has 4 aliphatic rings. The maximum absolute atomic E-state index is 14.4. The third-order valence-corrected chi connectivity index (χ3v) is 10.9. The first-order chi connectivity index (χ1) is 22.3. The van der Waals surface area contributed by atoms with Gasteiger partial charge in [0.2, 0.25) is 0 Å². The Labute approximate surface area is 286 Å². The van der Waals surface area contributed by atoms with Gasteiger partial charge in [-0.25, -0.2) is 9.59 Å². The molecule has 0 aromatic rings. The minimum absolute atomic E-state index is 0.0220. The van der Waals surface area contributed by atoms with Gasteiger partial charge >= 0.3 is 18.0 Å². The Morgan fingerprint density at radius 1 is 1.08 bits per heavy atom. The Morgan fingerprint density at radius 3 is 2.20 bits per heavy atom. The number of aliphatic hydroxyl groups excluding tert-OH is 3. The van der Waals surface area contributed by atoms with Crippen molar-refractivity contribution >= 4 is 23.8 Å². The van der Waals surface area contributed by atoms with Crippen LogP contribution in [0.1, 0.15) is 82.1 Å². The lowest BCUT2D eigenvalue weighted by atomic mass is 9.45. The molecule has 276 valence electrons. The van der Waals surface area contributed by atoms with Gasteiger partial charge < -0.3 is 49.8 Å². The van der Waals surface area contributed by atoms with E-state index in [0.29, 0.717) is 5.57 Å². The SMILES string of the molecule is CC(=O)O[C@H]1[C@@H]2[C@]3(O)CO[C@@H]3C[C@H](O)[C@@]2(C)C(=O)[C@H](O)C2=C(C)[C@@H](OC(=O)[C@H](O)[C@H](C=C(C)C)NC(=O)OCC(C)(C)C)C[C@]1(O)C2(C)C. The summed E-state index contributed by atoms with van der Waals surface area (Å²) in [6.45, 7) is 15.8. The first-order valence-electron chi connectivity index (χ1n) is 16.6. The summed E-state index contributed by atoms with van der Waals surface area (Å²) in [5.41, 5.74) is -7.01. The largest absolute Gasteiger partial charge is 0.459 e. The molecule has 0 aromatic carbocycles. The minimum atomic E-state index is -2.22. The molecule has 3 aliphatic carbocycles. The first-order valence-corrected chi connectivity index (χ1v) is 16.6. The van der Waals surface area contributed by atoms with Crippen LogP contribution in [0.4, 0.5) is 4.79 Å². The van der Waals surface area contributed by atoms with Crippen LogP contribution in [0.2, 0.25) is 0 Å². The van der Waals surface area contributed by atoms with Crippen molar-refractivity contribution in [3.63, 3.8) is 0 Å². The topological polar surface area (TPSA) is 218 Å². The number of rotatable bonds is 7. The average Bonchev–Trinajstić information content (AvgIpc) is 2.97. The number of carbonyl (C=O) groups is 4. The van der Waals surface area contributed by atoms with E-state index in [2.05, 4.69) is 5.32 Å². The van der Waals surface area contributed by atoms with Crippen molar-refractivity contribution in [2.75, 3.05) is 13.2 Å². The van der Waals surface area contributed by atoms with E-state index >= 15 is 0 Å². The molecule has 1 heterocycles. The van der Waals surface area contributed by atoms with Crippen molar-refractivity contribution in [3.8, 4) is 0 Å². The quantitative estimate of drug-likeness (QED) is 0.126. The summed E-state index contributed by atoms with van der Waals surface area (Å²) >= 11 is 0. The molecule has 1 amide bonds. The maximum Gasteiger partial charge on any atom is 0.407 e. The number of ketones is 1. The molecule has 4 rings (SSSR count). The van der Waals surface area contributed by atoms with Crippen LogP contribution >= 0.6 is 0 Å².